The first-order chi connectivity index (χ1) is 10.2. The van der Waals surface area contributed by atoms with Gasteiger partial charge in [-0.2, -0.15) is 0 Å². The fraction of sp³-hybridized carbons (Fsp3) is 0.529. The van der Waals surface area contributed by atoms with Crippen molar-refractivity contribution < 1.29 is 14.2 Å². The number of benzene rings is 1. The summed E-state index contributed by atoms with van der Waals surface area (Å²) in [6, 6.07) is 4.75. The maximum atomic E-state index is 13.4. The van der Waals surface area contributed by atoms with Gasteiger partial charge in [-0.1, -0.05) is 17.9 Å². The summed E-state index contributed by atoms with van der Waals surface area (Å²) in [4.78, 5) is 2.32. The Morgan fingerprint density at radius 3 is 3.10 bits per heavy atom. The van der Waals surface area contributed by atoms with E-state index in [1.807, 2.05) is 0 Å². The van der Waals surface area contributed by atoms with E-state index in [1.165, 1.54) is 12.1 Å². The van der Waals surface area contributed by atoms with Gasteiger partial charge < -0.3 is 9.84 Å². The van der Waals surface area contributed by atoms with E-state index in [0.29, 0.717) is 12.0 Å². The lowest BCUT2D eigenvalue weighted by Gasteiger charge is -2.32. The number of halogens is 1. The van der Waals surface area contributed by atoms with Gasteiger partial charge in [0.2, 0.25) is 0 Å². The minimum absolute atomic E-state index is 0.0271. The number of methoxy groups -OCH3 is 1. The Bertz CT molecular complexity index is 521. The van der Waals surface area contributed by atoms with Gasteiger partial charge in [0, 0.05) is 32.2 Å². The molecular weight excluding hydrogens is 269 g/mol. The minimum Gasteiger partial charge on any atom is -0.395 e. The highest BCUT2D eigenvalue weighted by Gasteiger charge is 2.20. The van der Waals surface area contributed by atoms with E-state index in [4.69, 9.17) is 9.84 Å². The first-order valence-corrected chi connectivity index (χ1v) is 7.36. The molecule has 0 radical (unpaired) electrons. The predicted molar refractivity (Wildman–Crippen MR) is 80.3 cm³/mol. The Morgan fingerprint density at radius 1 is 1.48 bits per heavy atom. The molecule has 0 amide bonds. The number of likely N-dealkylation sites (tertiary alicyclic amines) is 1. The molecule has 1 fully saturated rings. The molecule has 0 bridgehead atoms. The lowest BCUT2D eigenvalue weighted by atomic mass is 10.0. The molecule has 1 heterocycles. The molecule has 0 aromatic heterocycles. The summed E-state index contributed by atoms with van der Waals surface area (Å²) in [5, 5.41) is 8.79. The van der Waals surface area contributed by atoms with Gasteiger partial charge in [0.25, 0.3) is 0 Å². The summed E-state index contributed by atoms with van der Waals surface area (Å²) in [7, 11) is 1.75. The van der Waals surface area contributed by atoms with Crippen LogP contribution < -0.4 is 0 Å². The molecule has 2 rings (SSSR count). The zero-order valence-electron chi connectivity index (χ0n) is 12.4. The number of hydrogen-bond acceptors (Lipinski definition) is 3. The fourth-order valence-electron chi connectivity index (χ4n) is 2.61. The van der Waals surface area contributed by atoms with E-state index in [0.717, 1.165) is 38.0 Å². The number of ether oxygens (including phenoxy) is 1. The van der Waals surface area contributed by atoms with Crippen molar-refractivity contribution in [3.8, 4) is 11.8 Å². The first kappa shape index (κ1) is 16.0. The third kappa shape index (κ3) is 4.82. The van der Waals surface area contributed by atoms with E-state index in [1.54, 1.807) is 13.2 Å². The maximum Gasteiger partial charge on any atom is 0.124 e. The lowest BCUT2D eigenvalue weighted by Crippen LogP contribution is -2.38. The first-order valence-electron chi connectivity index (χ1n) is 7.36. The van der Waals surface area contributed by atoms with Crippen molar-refractivity contribution in [1.29, 1.82) is 0 Å². The standard InChI is InChI=1S/C17H22FNO2/c1-21-17-6-4-9-19(13-17)12-15-7-8-16(18)11-14(15)5-2-3-10-20/h7-8,11,17,20H,3-4,6,9-10,12-13H2,1H3. The average molecular weight is 291 g/mol. The fourth-order valence-corrected chi connectivity index (χ4v) is 2.61. The highest BCUT2D eigenvalue weighted by Crippen LogP contribution is 2.18. The van der Waals surface area contributed by atoms with Crippen LogP contribution in [0.15, 0.2) is 18.2 Å². The lowest BCUT2D eigenvalue weighted by molar-refractivity contribution is 0.0285. The number of aliphatic hydroxyl groups is 1. The van der Waals surface area contributed by atoms with Crippen molar-refractivity contribution in [2.24, 2.45) is 0 Å². The van der Waals surface area contributed by atoms with Crippen molar-refractivity contribution in [2.75, 3.05) is 26.8 Å². The van der Waals surface area contributed by atoms with Crippen LogP contribution in [0, 0.1) is 17.7 Å². The third-order valence-corrected chi connectivity index (χ3v) is 3.72. The second kappa shape index (κ2) is 8.14. The van der Waals surface area contributed by atoms with Crippen LogP contribution in [-0.2, 0) is 11.3 Å². The van der Waals surface area contributed by atoms with Crippen LogP contribution in [0.5, 0.6) is 0 Å². The number of aliphatic hydroxyl groups excluding tert-OH is 1. The summed E-state index contributed by atoms with van der Waals surface area (Å²) in [5.41, 5.74) is 1.74. The van der Waals surface area contributed by atoms with Gasteiger partial charge in [-0.15, -0.1) is 0 Å². The second-order valence-electron chi connectivity index (χ2n) is 5.31. The van der Waals surface area contributed by atoms with Crippen LogP contribution in [0.1, 0.15) is 30.4 Å². The van der Waals surface area contributed by atoms with Crippen LogP contribution >= 0.6 is 0 Å². The molecule has 1 saturated heterocycles. The number of piperidine rings is 1. The second-order valence-corrected chi connectivity index (χ2v) is 5.31. The van der Waals surface area contributed by atoms with Gasteiger partial charge in [-0.05, 0) is 37.1 Å². The van der Waals surface area contributed by atoms with Crippen LogP contribution in [0.25, 0.3) is 0 Å². The van der Waals surface area contributed by atoms with Gasteiger partial charge in [-0.25, -0.2) is 4.39 Å². The summed E-state index contributed by atoms with van der Waals surface area (Å²) < 4.78 is 18.8. The molecule has 1 aliphatic rings. The van der Waals surface area contributed by atoms with E-state index in [2.05, 4.69) is 16.7 Å². The van der Waals surface area contributed by atoms with Crippen LogP contribution in [0.3, 0.4) is 0 Å². The maximum absolute atomic E-state index is 13.4. The van der Waals surface area contributed by atoms with Crippen LogP contribution in [0.2, 0.25) is 0 Å². The zero-order valence-corrected chi connectivity index (χ0v) is 12.4. The SMILES string of the molecule is COC1CCCN(Cc2ccc(F)cc2C#CCCO)C1. The topological polar surface area (TPSA) is 32.7 Å². The van der Waals surface area contributed by atoms with Crippen molar-refractivity contribution in [3.05, 3.63) is 35.1 Å². The molecule has 1 unspecified atom stereocenters. The van der Waals surface area contributed by atoms with Gasteiger partial charge in [0.15, 0.2) is 0 Å². The monoisotopic (exact) mass is 291 g/mol. The Morgan fingerprint density at radius 2 is 2.33 bits per heavy atom. The van der Waals surface area contributed by atoms with Gasteiger partial charge in [0.1, 0.15) is 5.82 Å². The number of rotatable bonds is 4. The Labute approximate surface area is 125 Å². The summed E-state index contributed by atoms with van der Waals surface area (Å²) in [5.74, 6) is 5.55. The summed E-state index contributed by atoms with van der Waals surface area (Å²) in [6.07, 6.45) is 2.90. The van der Waals surface area contributed by atoms with Gasteiger partial charge in [0.05, 0.1) is 12.7 Å². The molecule has 0 spiro atoms. The zero-order chi connectivity index (χ0) is 15.1. The smallest absolute Gasteiger partial charge is 0.124 e. The van der Waals surface area contributed by atoms with E-state index in [9.17, 15) is 4.39 Å². The van der Waals surface area contributed by atoms with E-state index in [-0.39, 0.29) is 18.5 Å². The summed E-state index contributed by atoms with van der Waals surface area (Å²) in [6.45, 7) is 2.71. The predicted octanol–water partition coefficient (Wildman–Crippen LogP) is 2.17. The minimum atomic E-state index is -0.277. The Kier molecular flexibility index (Phi) is 6.19. The number of hydrogen-bond donors (Lipinski definition) is 1. The molecule has 4 heteroatoms. The largest absolute Gasteiger partial charge is 0.395 e. The summed E-state index contributed by atoms with van der Waals surface area (Å²) >= 11 is 0. The molecule has 1 aromatic rings. The van der Waals surface area contributed by atoms with E-state index >= 15 is 0 Å². The Balaban J connectivity index is 2.10. The molecular formula is C17H22FNO2. The van der Waals surface area contributed by atoms with Gasteiger partial charge in [-0.3, -0.25) is 4.90 Å². The normalized spacial score (nSPS) is 19.1. The molecule has 114 valence electrons. The average Bonchev–Trinajstić information content (AvgIpc) is 2.50. The van der Waals surface area contributed by atoms with Crippen molar-refractivity contribution in [3.63, 3.8) is 0 Å². The molecule has 1 atom stereocenters. The van der Waals surface area contributed by atoms with E-state index < -0.39 is 0 Å². The molecule has 3 nitrogen and oxygen atoms in total. The van der Waals surface area contributed by atoms with Crippen molar-refractivity contribution in [2.45, 2.75) is 31.9 Å². The number of nitrogens with zero attached hydrogens (tertiary/aromatic N) is 1. The molecule has 1 aliphatic heterocycles. The Hall–Kier alpha value is -1.41. The highest BCUT2D eigenvalue weighted by atomic mass is 19.1. The molecule has 0 saturated carbocycles. The molecule has 0 aliphatic carbocycles. The van der Waals surface area contributed by atoms with Crippen molar-refractivity contribution >= 4 is 0 Å². The van der Waals surface area contributed by atoms with Crippen LogP contribution in [0.4, 0.5) is 4.39 Å². The molecule has 21 heavy (non-hydrogen) atoms. The van der Waals surface area contributed by atoms with Gasteiger partial charge >= 0.3 is 0 Å². The third-order valence-electron chi connectivity index (χ3n) is 3.72. The van der Waals surface area contributed by atoms with Crippen LogP contribution in [-0.4, -0.2) is 42.9 Å². The quantitative estimate of drug-likeness (QED) is 0.863. The van der Waals surface area contributed by atoms with Crippen molar-refractivity contribution in [1.82, 2.24) is 4.90 Å². The molecule has 1 N–H and O–H groups in total. The molecule has 1 aromatic carbocycles. The highest BCUT2D eigenvalue weighted by molar-refractivity contribution is 5.41.